The van der Waals surface area contributed by atoms with Crippen LogP contribution in [-0.2, 0) is 11.3 Å². The number of hydrogen-bond acceptors (Lipinski definition) is 2. The van der Waals surface area contributed by atoms with Crippen LogP contribution >= 0.6 is 24.0 Å². The second-order valence-electron chi connectivity index (χ2n) is 5.61. The van der Waals surface area contributed by atoms with Crippen LogP contribution in [0.25, 0.3) is 0 Å². The van der Waals surface area contributed by atoms with Gasteiger partial charge in [-0.05, 0) is 19.4 Å². The first-order valence-electron chi connectivity index (χ1n) is 8.20. The SMILES string of the molecule is CCNC(=NCc1ccccc1F)NC1CCN(C(=O)CC)C1.I. The summed E-state index contributed by atoms with van der Waals surface area (Å²) < 4.78 is 13.7. The van der Waals surface area contributed by atoms with E-state index >= 15 is 0 Å². The topological polar surface area (TPSA) is 56.7 Å². The number of nitrogens with one attached hydrogen (secondary N) is 2. The molecule has 0 radical (unpaired) electrons. The predicted octanol–water partition coefficient (Wildman–Crippen LogP) is 2.51. The molecule has 1 aromatic carbocycles. The highest BCUT2D eigenvalue weighted by atomic mass is 127. The van der Waals surface area contributed by atoms with Crippen LogP contribution in [0.1, 0.15) is 32.3 Å². The molecule has 5 nitrogen and oxygen atoms in total. The molecule has 0 aliphatic carbocycles. The van der Waals surface area contributed by atoms with E-state index in [0.29, 0.717) is 24.5 Å². The maximum Gasteiger partial charge on any atom is 0.222 e. The van der Waals surface area contributed by atoms with Crippen molar-refractivity contribution < 1.29 is 9.18 Å². The number of carbonyl (C=O) groups is 1. The molecule has 0 bridgehead atoms. The Labute approximate surface area is 160 Å². The molecule has 1 aliphatic rings. The maximum atomic E-state index is 13.7. The third-order valence-electron chi connectivity index (χ3n) is 3.89. The minimum absolute atomic E-state index is 0. The average molecular weight is 448 g/mol. The van der Waals surface area contributed by atoms with Crippen LogP contribution in [0.5, 0.6) is 0 Å². The van der Waals surface area contributed by atoms with Gasteiger partial charge in [-0.15, -0.1) is 24.0 Å². The first-order valence-corrected chi connectivity index (χ1v) is 8.20. The smallest absolute Gasteiger partial charge is 0.222 e. The largest absolute Gasteiger partial charge is 0.357 e. The molecule has 1 saturated heterocycles. The Morgan fingerprint density at radius 2 is 2.12 bits per heavy atom. The van der Waals surface area contributed by atoms with Gasteiger partial charge in [0.1, 0.15) is 5.82 Å². The van der Waals surface area contributed by atoms with Gasteiger partial charge in [-0.1, -0.05) is 25.1 Å². The van der Waals surface area contributed by atoms with Crippen molar-refractivity contribution >= 4 is 35.8 Å². The predicted molar refractivity (Wildman–Crippen MR) is 105 cm³/mol. The van der Waals surface area contributed by atoms with Crippen molar-refractivity contribution in [1.29, 1.82) is 0 Å². The lowest BCUT2D eigenvalue weighted by Gasteiger charge is -2.18. The van der Waals surface area contributed by atoms with Crippen LogP contribution in [0.4, 0.5) is 4.39 Å². The summed E-state index contributed by atoms with van der Waals surface area (Å²) in [6.45, 7) is 6.35. The number of guanidine groups is 1. The molecule has 134 valence electrons. The molecular formula is C17H26FIN4O. The fraction of sp³-hybridized carbons (Fsp3) is 0.529. The van der Waals surface area contributed by atoms with Gasteiger partial charge in [-0.25, -0.2) is 9.38 Å². The van der Waals surface area contributed by atoms with E-state index in [0.717, 1.165) is 19.5 Å². The molecule has 2 N–H and O–H groups in total. The Morgan fingerprint density at radius 1 is 1.38 bits per heavy atom. The second kappa shape index (κ2) is 10.5. The number of amides is 1. The quantitative estimate of drug-likeness (QED) is 0.414. The summed E-state index contributed by atoms with van der Waals surface area (Å²) in [6, 6.07) is 6.84. The van der Waals surface area contributed by atoms with Crippen molar-refractivity contribution in [3.05, 3.63) is 35.6 Å². The Kier molecular flexibility index (Phi) is 9.02. The second-order valence-corrected chi connectivity index (χ2v) is 5.61. The summed E-state index contributed by atoms with van der Waals surface area (Å²) in [4.78, 5) is 18.1. The van der Waals surface area contributed by atoms with Crippen LogP contribution < -0.4 is 10.6 Å². The molecule has 2 rings (SSSR count). The van der Waals surface area contributed by atoms with E-state index in [1.165, 1.54) is 6.07 Å². The summed E-state index contributed by atoms with van der Waals surface area (Å²) in [5, 5.41) is 6.51. The normalized spacial score (nSPS) is 17.4. The van der Waals surface area contributed by atoms with E-state index in [1.54, 1.807) is 18.2 Å². The highest BCUT2D eigenvalue weighted by Crippen LogP contribution is 2.11. The monoisotopic (exact) mass is 448 g/mol. The highest BCUT2D eigenvalue weighted by Gasteiger charge is 2.25. The van der Waals surface area contributed by atoms with E-state index in [4.69, 9.17) is 0 Å². The fourth-order valence-corrected chi connectivity index (χ4v) is 2.63. The van der Waals surface area contributed by atoms with Crippen LogP contribution in [0.15, 0.2) is 29.3 Å². The molecule has 1 aromatic rings. The summed E-state index contributed by atoms with van der Waals surface area (Å²) in [7, 11) is 0. The Morgan fingerprint density at radius 3 is 2.79 bits per heavy atom. The number of benzene rings is 1. The van der Waals surface area contributed by atoms with Gasteiger partial charge in [0.05, 0.1) is 6.54 Å². The number of halogens is 2. The number of nitrogens with zero attached hydrogens (tertiary/aromatic N) is 2. The number of rotatable bonds is 5. The molecule has 24 heavy (non-hydrogen) atoms. The molecule has 0 saturated carbocycles. The van der Waals surface area contributed by atoms with Crippen LogP contribution in [0.2, 0.25) is 0 Å². The van der Waals surface area contributed by atoms with Crippen LogP contribution in [-0.4, -0.2) is 42.4 Å². The van der Waals surface area contributed by atoms with Gasteiger partial charge in [0, 0.05) is 37.7 Å². The first kappa shape index (κ1) is 20.7. The van der Waals surface area contributed by atoms with Crippen LogP contribution in [0, 0.1) is 5.82 Å². The first-order chi connectivity index (χ1) is 11.1. The third kappa shape index (κ3) is 5.92. The minimum atomic E-state index is -0.243. The van der Waals surface area contributed by atoms with Crippen molar-refractivity contribution in [1.82, 2.24) is 15.5 Å². The number of aliphatic imine (C=N–C) groups is 1. The molecule has 1 amide bonds. The molecule has 1 unspecified atom stereocenters. The molecule has 0 aromatic heterocycles. The Balaban J connectivity index is 0.00000288. The third-order valence-corrected chi connectivity index (χ3v) is 3.89. The van der Waals surface area contributed by atoms with Crippen molar-refractivity contribution in [2.45, 2.75) is 39.3 Å². The van der Waals surface area contributed by atoms with Crippen molar-refractivity contribution in [2.75, 3.05) is 19.6 Å². The van der Waals surface area contributed by atoms with Gasteiger partial charge in [0.25, 0.3) is 0 Å². The van der Waals surface area contributed by atoms with E-state index in [2.05, 4.69) is 15.6 Å². The summed E-state index contributed by atoms with van der Waals surface area (Å²) >= 11 is 0. The molecule has 1 atom stereocenters. The minimum Gasteiger partial charge on any atom is -0.357 e. The molecule has 1 fully saturated rings. The Bertz CT molecular complexity index is 567. The standard InChI is InChI=1S/C17H25FN4O.HI/c1-3-16(23)22-10-9-14(12-22)21-17(19-4-2)20-11-13-7-5-6-8-15(13)18;/h5-8,14H,3-4,9-12H2,1-2H3,(H2,19,20,21);1H. The van der Waals surface area contributed by atoms with Gasteiger partial charge in [0.15, 0.2) is 5.96 Å². The fourth-order valence-electron chi connectivity index (χ4n) is 2.63. The van der Waals surface area contributed by atoms with E-state index in [9.17, 15) is 9.18 Å². The summed E-state index contributed by atoms with van der Waals surface area (Å²) in [5.41, 5.74) is 0.568. The molecule has 1 aliphatic heterocycles. The van der Waals surface area contributed by atoms with Gasteiger partial charge >= 0.3 is 0 Å². The summed E-state index contributed by atoms with van der Waals surface area (Å²) in [6.07, 6.45) is 1.43. The molecule has 1 heterocycles. The Hall–Kier alpha value is -1.38. The van der Waals surface area contributed by atoms with Crippen molar-refractivity contribution in [3.8, 4) is 0 Å². The molecule has 7 heteroatoms. The highest BCUT2D eigenvalue weighted by molar-refractivity contribution is 14.0. The zero-order valence-corrected chi connectivity index (χ0v) is 16.5. The van der Waals surface area contributed by atoms with Gasteiger partial charge < -0.3 is 15.5 Å². The number of carbonyl (C=O) groups excluding carboxylic acids is 1. The average Bonchev–Trinajstić information content (AvgIpc) is 3.02. The van der Waals surface area contributed by atoms with E-state index < -0.39 is 0 Å². The zero-order chi connectivity index (χ0) is 16.7. The van der Waals surface area contributed by atoms with E-state index in [1.807, 2.05) is 18.7 Å². The lowest BCUT2D eigenvalue weighted by molar-refractivity contribution is -0.129. The van der Waals surface area contributed by atoms with Gasteiger partial charge in [-0.2, -0.15) is 0 Å². The van der Waals surface area contributed by atoms with Crippen LogP contribution in [0.3, 0.4) is 0 Å². The lowest BCUT2D eigenvalue weighted by Crippen LogP contribution is -2.45. The molecule has 0 spiro atoms. The zero-order valence-electron chi connectivity index (χ0n) is 14.2. The number of hydrogen-bond donors (Lipinski definition) is 2. The number of likely N-dealkylation sites (tertiary alicyclic amines) is 1. The lowest BCUT2D eigenvalue weighted by atomic mass is 10.2. The molecular weight excluding hydrogens is 422 g/mol. The van der Waals surface area contributed by atoms with Gasteiger partial charge in [0.2, 0.25) is 5.91 Å². The van der Waals surface area contributed by atoms with Gasteiger partial charge in [-0.3, -0.25) is 4.79 Å². The van der Waals surface area contributed by atoms with Crippen molar-refractivity contribution in [2.24, 2.45) is 4.99 Å². The maximum absolute atomic E-state index is 13.7. The summed E-state index contributed by atoms with van der Waals surface area (Å²) in [5.74, 6) is 0.599. The van der Waals surface area contributed by atoms with Crippen molar-refractivity contribution in [3.63, 3.8) is 0 Å². The van der Waals surface area contributed by atoms with E-state index in [-0.39, 0.29) is 48.3 Å².